The van der Waals surface area contributed by atoms with Crippen molar-refractivity contribution in [1.82, 2.24) is 4.90 Å². The van der Waals surface area contributed by atoms with Gasteiger partial charge in [0.05, 0.1) is 6.54 Å². The first-order valence-electron chi connectivity index (χ1n) is 5.98. The molecule has 1 unspecified atom stereocenters. The molecule has 0 aliphatic heterocycles. The maximum absolute atomic E-state index is 10.7. The molecule has 0 aromatic heterocycles. The molecule has 88 valence electrons. The second-order valence-corrected chi connectivity index (χ2v) is 5.12. The second kappa shape index (κ2) is 5.50. The smallest absolute Gasteiger partial charge is 0.317 e. The van der Waals surface area contributed by atoms with E-state index in [0.717, 1.165) is 6.42 Å². The molecule has 1 aliphatic rings. The molecule has 0 saturated heterocycles. The van der Waals surface area contributed by atoms with Crippen LogP contribution in [0.3, 0.4) is 0 Å². The number of carboxylic acids is 1. The minimum absolute atomic E-state index is 0.212. The van der Waals surface area contributed by atoms with Crippen molar-refractivity contribution < 1.29 is 9.90 Å². The average molecular weight is 213 g/mol. The molecule has 1 saturated carbocycles. The highest BCUT2D eigenvalue weighted by Crippen LogP contribution is 2.29. The van der Waals surface area contributed by atoms with E-state index in [2.05, 4.69) is 25.7 Å². The second-order valence-electron chi connectivity index (χ2n) is 5.12. The van der Waals surface area contributed by atoms with E-state index < -0.39 is 5.97 Å². The predicted octanol–water partition coefficient (Wildman–Crippen LogP) is 2.36. The molecule has 0 aromatic carbocycles. The molecule has 1 atom stereocenters. The maximum Gasteiger partial charge on any atom is 0.317 e. The van der Waals surface area contributed by atoms with Gasteiger partial charge in [-0.15, -0.1) is 0 Å². The third-order valence-electron chi connectivity index (χ3n) is 3.06. The standard InChI is InChI=1S/C12H23NO2/c1-9(2)4-5-10(3)13(8-12(14)15)11-6-7-11/h9-11H,4-8H2,1-3H3,(H,14,15). The Kier molecular flexibility index (Phi) is 4.58. The summed E-state index contributed by atoms with van der Waals surface area (Å²) < 4.78 is 0. The minimum Gasteiger partial charge on any atom is -0.480 e. The van der Waals surface area contributed by atoms with Crippen molar-refractivity contribution in [2.24, 2.45) is 5.92 Å². The highest BCUT2D eigenvalue weighted by Gasteiger charge is 2.33. The van der Waals surface area contributed by atoms with Crippen LogP contribution in [0.1, 0.15) is 46.5 Å². The van der Waals surface area contributed by atoms with Gasteiger partial charge in [-0.2, -0.15) is 0 Å². The molecule has 15 heavy (non-hydrogen) atoms. The number of nitrogens with zero attached hydrogens (tertiary/aromatic N) is 1. The van der Waals surface area contributed by atoms with Gasteiger partial charge in [0.1, 0.15) is 0 Å². The first kappa shape index (κ1) is 12.5. The first-order chi connectivity index (χ1) is 7.00. The van der Waals surface area contributed by atoms with E-state index in [0.29, 0.717) is 18.0 Å². The third kappa shape index (κ3) is 4.65. The van der Waals surface area contributed by atoms with Gasteiger partial charge in [0.2, 0.25) is 0 Å². The highest BCUT2D eigenvalue weighted by molar-refractivity contribution is 5.69. The summed E-state index contributed by atoms with van der Waals surface area (Å²) in [4.78, 5) is 12.9. The van der Waals surface area contributed by atoms with Crippen molar-refractivity contribution in [3.8, 4) is 0 Å². The van der Waals surface area contributed by atoms with Crippen LogP contribution in [0.2, 0.25) is 0 Å². The summed E-state index contributed by atoms with van der Waals surface area (Å²) in [5, 5.41) is 8.85. The fourth-order valence-electron chi connectivity index (χ4n) is 1.95. The zero-order chi connectivity index (χ0) is 11.4. The average Bonchev–Trinajstić information content (AvgIpc) is 2.93. The molecule has 0 amide bonds. The normalized spacial score (nSPS) is 18.5. The van der Waals surface area contributed by atoms with E-state index in [-0.39, 0.29) is 6.54 Å². The van der Waals surface area contributed by atoms with Crippen LogP contribution in [-0.4, -0.2) is 34.6 Å². The van der Waals surface area contributed by atoms with Gasteiger partial charge in [-0.25, -0.2) is 0 Å². The Bertz CT molecular complexity index is 212. The van der Waals surface area contributed by atoms with E-state index >= 15 is 0 Å². The Morgan fingerprint density at radius 1 is 1.33 bits per heavy atom. The summed E-state index contributed by atoms with van der Waals surface area (Å²) in [6, 6.07) is 0.958. The minimum atomic E-state index is -0.696. The zero-order valence-corrected chi connectivity index (χ0v) is 10.1. The lowest BCUT2D eigenvalue weighted by Crippen LogP contribution is -2.39. The SMILES string of the molecule is CC(C)CCC(C)N(CC(=O)O)C1CC1. The monoisotopic (exact) mass is 213 g/mol. The van der Waals surface area contributed by atoms with Crippen LogP contribution in [0.4, 0.5) is 0 Å². The van der Waals surface area contributed by atoms with E-state index in [1.807, 2.05) is 0 Å². The fourth-order valence-corrected chi connectivity index (χ4v) is 1.95. The van der Waals surface area contributed by atoms with E-state index in [9.17, 15) is 4.79 Å². The van der Waals surface area contributed by atoms with E-state index in [1.54, 1.807) is 0 Å². The molecule has 0 heterocycles. The summed E-state index contributed by atoms with van der Waals surface area (Å²) in [6.45, 7) is 6.80. The van der Waals surface area contributed by atoms with Gasteiger partial charge in [0.25, 0.3) is 0 Å². The highest BCUT2D eigenvalue weighted by atomic mass is 16.4. The van der Waals surface area contributed by atoms with Crippen LogP contribution in [0, 0.1) is 5.92 Å². The Balaban J connectivity index is 2.36. The van der Waals surface area contributed by atoms with Gasteiger partial charge >= 0.3 is 5.97 Å². The van der Waals surface area contributed by atoms with Gasteiger partial charge < -0.3 is 5.11 Å². The molecule has 0 radical (unpaired) electrons. The Hall–Kier alpha value is -0.570. The number of carboxylic acid groups (broad SMARTS) is 1. The molecule has 0 aromatic rings. The predicted molar refractivity (Wildman–Crippen MR) is 60.9 cm³/mol. The molecule has 0 spiro atoms. The van der Waals surface area contributed by atoms with Gasteiger partial charge in [0, 0.05) is 12.1 Å². The lowest BCUT2D eigenvalue weighted by Gasteiger charge is -2.27. The van der Waals surface area contributed by atoms with Crippen molar-refractivity contribution in [2.75, 3.05) is 6.54 Å². The van der Waals surface area contributed by atoms with Gasteiger partial charge in [-0.05, 0) is 38.5 Å². The van der Waals surface area contributed by atoms with Crippen molar-refractivity contribution in [3.05, 3.63) is 0 Å². The summed E-state index contributed by atoms with van der Waals surface area (Å²) >= 11 is 0. The number of hydrogen-bond donors (Lipinski definition) is 1. The van der Waals surface area contributed by atoms with Gasteiger partial charge in [-0.3, -0.25) is 9.69 Å². The van der Waals surface area contributed by atoms with E-state index in [4.69, 9.17) is 5.11 Å². The summed E-state index contributed by atoms with van der Waals surface area (Å²) in [7, 11) is 0. The number of carbonyl (C=O) groups is 1. The summed E-state index contributed by atoms with van der Waals surface area (Å²) in [5.74, 6) is 0.0108. The quantitative estimate of drug-likeness (QED) is 0.705. The maximum atomic E-state index is 10.7. The molecule has 1 fully saturated rings. The molecule has 3 heteroatoms. The molecular weight excluding hydrogens is 190 g/mol. The van der Waals surface area contributed by atoms with Gasteiger partial charge in [0.15, 0.2) is 0 Å². The third-order valence-corrected chi connectivity index (χ3v) is 3.06. The topological polar surface area (TPSA) is 40.5 Å². The van der Waals surface area contributed by atoms with Crippen molar-refractivity contribution in [1.29, 1.82) is 0 Å². The first-order valence-corrected chi connectivity index (χ1v) is 5.98. The van der Waals surface area contributed by atoms with Gasteiger partial charge in [-0.1, -0.05) is 13.8 Å². The van der Waals surface area contributed by atoms with Crippen LogP contribution < -0.4 is 0 Å². The van der Waals surface area contributed by atoms with Crippen molar-refractivity contribution in [3.63, 3.8) is 0 Å². The molecule has 1 N–H and O–H groups in total. The van der Waals surface area contributed by atoms with Crippen molar-refractivity contribution in [2.45, 2.75) is 58.5 Å². The molecular formula is C12H23NO2. The van der Waals surface area contributed by atoms with Crippen molar-refractivity contribution >= 4 is 5.97 Å². The zero-order valence-electron chi connectivity index (χ0n) is 10.1. The lowest BCUT2D eigenvalue weighted by molar-refractivity contribution is -0.139. The van der Waals surface area contributed by atoms with Crippen LogP contribution in [-0.2, 0) is 4.79 Å². The van der Waals surface area contributed by atoms with Crippen LogP contribution >= 0.6 is 0 Å². The molecule has 1 rings (SSSR count). The summed E-state index contributed by atoms with van der Waals surface area (Å²) in [5.41, 5.74) is 0. The summed E-state index contributed by atoms with van der Waals surface area (Å²) in [6.07, 6.45) is 4.66. The fraction of sp³-hybridized carbons (Fsp3) is 0.917. The largest absolute Gasteiger partial charge is 0.480 e. The Morgan fingerprint density at radius 2 is 1.93 bits per heavy atom. The van der Waals surface area contributed by atoms with E-state index in [1.165, 1.54) is 19.3 Å². The van der Waals surface area contributed by atoms with Crippen LogP contribution in [0.5, 0.6) is 0 Å². The Morgan fingerprint density at radius 3 is 2.33 bits per heavy atom. The number of rotatable bonds is 7. The molecule has 3 nitrogen and oxygen atoms in total. The molecule has 0 bridgehead atoms. The lowest BCUT2D eigenvalue weighted by atomic mass is 10.0. The van der Waals surface area contributed by atoms with Crippen LogP contribution in [0.15, 0.2) is 0 Å². The number of aliphatic carboxylic acids is 1. The van der Waals surface area contributed by atoms with Crippen LogP contribution in [0.25, 0.3) is 0 Å². The Labute approximate surface area is 92.5 Å². The molecule has 1 aliphatic carbocycles. The number of hydrogen-bond acceptors (Lipinski definition) is 2.